The third-order valence-electron chi connectivity index (χ3n) is 6.29. The van der Waals surface area contributed by atoms with E-state index in [0.29, 0.717) is 16.9 Å². The molecular formula is C28H23FN4O3. The van der Waals surface area contributed by atoms with Gasteiger partial charge in [-0.3, -0.25) is 19.6 Å². The first-order valence-corrected chi connectivity index (χ1v) is 11.4. The largest absolute Gasteiger partial charge is 0.329 e. The van der Waals surface area contributed by atoms with Crippen LogP contribution in [0, 0.1) is 19.7 Å². The van der Waals surface area contributed by atoms with E-state index in [1.165, 1.54) is 29.0 Å². The number of H-pyrrole nitrogens is 1. The van der Waals surface area contributed by atoms with Crippen LogP contribution in [0.2, 0.25) is 0 Å². The quantitative estimate of drug-likeness (QED) is 0.320. The predicted molar refractivity (Wildman–Crippen MR) is 135 cm³/mol. The van der Waals surface area contributed by atoms with Gasteiger partial charge in [0.25, 0.3) is 11.5 Å². The molecule has 0 saturated carbocycles. The van der Waals surface area contributed by atoms with Crippen molar-refractivity contribution >= 4 is 18.0 Å². The van der Waals surface area contributed by atoms with Crippen LogP contribution in [0.3, 0.4) is 0 Å². The number of imide groups is 1. The summed E-state index contributed by atoms with van der Waals surface area (Å²) in [6.45, 7) is 3.81. The summed E-state index contributed by atoms with van der Waals surface area (Å²) < 4.78 is 15.0. The maximum Gasteiger partial charge on any atom is 0.329 e. The van der Waals surface area contributed by atoms with E-state index in [2.05, 4.69) is 10.4 Å². The molecule has 0 bridgehead atoms. The van der Waals surface area contributed by atoms with E-state index in [-0.39, 0.29) is 23.4 Å². The number of halogens is 1. The molecule has 5 rings (SSSR count). The molecule has 0 unspecified atom stereocenters. The Hall–Kier alpha value is -4.72. The smallest absolute Gasteiger partial charge is 0.303 e. The van der Waals surface area contributed by atoms with Crippen molar-refractivity contribution in [2.75, 3.05) is 0 Å². The molecule has 1 fully saturated rings. The lowest BCUT2D eigenvalue weighted by Crippen LogP contribution is -2.30. The Morgan fingerprint density at radius 3 is 2.42 bits per heavy atom. The minimum atomic E-state index is -0.637. The number of nitrogens with one attached hydrogen (secondary N) is 2. The van der Waals surface area contributed by atoms with Crippen LogP contribution < -0.4 is 10.9 Å². The van der Waals surface area contributed by atoms with E-state index < -0.39 is 17.8 Å². The zero-order chi connectivity index (χ0) is 25.4. The van der Waals surface area contributed by atoms with Crippen LogP contribution in [-0.2, 0) is 11.3 Å². The van der Waals surface area contributed by atoms with Crippen LogP contribution in [0.5, 0.6) is 0 Å². The molecule has 0 atom stereocenters. The highest BCUT2D eigenvalue weighted by Gasteiger charge is 2.34. The summed E-state index contributed by atoms with van der Waals surface area (Å²) in [6.07, 6.45) is 1.40. The van der Waals surface area contributed by atoms with Crippen molar-refractivity contribution in [2.45, 2.75) is 20.4 Å². The average molecular weight is 483 g/mol. The van der Waals surface area contributed by atoms with Gasteiger partial charge in [-0.1, -0.05) is 54.6 Å². The summed E-state index contributed by atoms with van der Waals surface area (Å²) in [5.41, 5.74) is 4.24. The topological polar surface area (TPSA) is 87.2 Å². The van der Waals surface area contributed by atoms with Gasteiger partial charge in [-0.15, -0.1) is 0 Å². The van der Waals surface area contributed by atoms with E-state index in [1.54, 1.807) is 6.07 Å². The summed E-state index contributed by atoms with van der Waals surface area (Å²) >= 11 is 0. The van der Waals surface area contributed by atoms with E-state index in [0.717, 1.165) is 21.6 Å². The van der Waals surface area contributed by atoms with Gasteiger partial charge in [0, 0.05) is 5.56 Å². The van der Waals surface area contributed by atoms with E-state index in [9.17, 15) is 18.8 Å². The number of amides is 3. The van der Waals surface area contributed by atoms with Crippen LogP contribution in [0.4, 0.5) is 9.18 Å². The number of aromatic amines is 1. The summed E-state index contributed by atoms with van der Waals surface area (Å²) in [6, 6.07) is 20.0. The minimum absolute atomic E-state index is 0.0298. The Labute approximate surface area is 206 Å². The first-order chi connectivity index (χ1) is 17.3. The number of benzene rings is 3. The maximum atomic E-state index is 13.6. The van der Waals surface area contributed by atoms with E-state index in [1.807, 2.05) is 62.4 Å². The second-order valence-corrected chi connectivity index (χ2v) is 8.64. The fraction of sp³-hybridized carbons (Fsp3) is 0.107. The van der Waals surface area contributed by atoms with Gasteiger partial charge in [0.2, 0.25) is 0 Å². The lowest BCUT2D eigenvalue weighted by Gasteiger charge is -2.11. The predicted octanol–water partition coefficient (Wildman–Crippen LogP) is 4.68. The Morgan fingerprint density at radius 2 is 1.67 bits per heavy atom. The third kappa shape index (κ3) is 4.13. The molecule has 0 aliphatic carbocycles. The highest BCUT2D eigenvalue weighted by Crippen LogP contribution is 2.25. The summed E-state index contributed by atoms with van der Waals surface area (Å²) in [5, 5.41) is 5.74. The fourth-order valence-corrected chi connectivity index (χ4v) is 4.23. The molecule has 36 heavy (non-hydrogen) atoms. The number of aryl methyl sites for hydroxylation is 1. The zero-order valence-electron chi connectivity index (χ0n) is 19.7. The first kappa shape index (κ1) is 23.0. The average Bonchev–Trinajstić information content (AvgIpc) is 3.32. The maximum absolute atomic E-state index is 13.6. The number of urea groups is 1. The Bertz CT molecular complexity index is 1580. The molecule has 2 N–H and O–H groups in total. The van der Waals surface area contributed by atoms with E-state index >= 15 is 0 Å². The normalized spacial score (nSPS) is 14.5. The second-order valence-electron chi connectivity index (χ2n) is 8.64. The van der Waals surface area contributed by atoms with Crippen LogP contribution in [0.25, 0.3) is 23.0 Å². The summed E-state index contributed by atoms with van der Waals surface area (Å²) in [7, 11) is 0. The lowest BCUT2D eigenvalue weighted by atomic mass is 10.1. The molecule has 8 heteroatoms. The number of carbonyl (C=O) groups is 2. The van der Waals surface area contributed by atoms with Crippen LogP contribution in [0.1, 0.15) is 22.3 Å². The number of nitrogens with zero attached hydrogens (tertiary/aromatic N) is 2. The molecule has 1 aromatic heterocycles. The standard InChI is InChI=1S/C28H23FN4O3/c1-17-8-6-13-24(18(17)2)33-26(34)22(25(31-33)20-10-4-3-5-11-20)15-23-27(35)32(28(36)30-23)16-19-9-7-12-21(29)14-19/h3-15,31H,16H2,1-2H3,(H,30,36)/b23-15-. The second kappa shape index (κ2) is 9.14. The summed E-state index contributed by atoms with van der Waals surface area (Å²) in [5.74, 6) is -1.05. The molecule has 3 amide bonds. The monoisotopic (exact) mass is 482 g/mol. The highest BCUT2D eigenvalue weighted by atomic mass is 19.1. The van der Waals surface area contributed by atoms with Crippen LogP contribution >= 0.6 is 0 Å². The fourth-order valence-electron chi connectivity index (χ4n) is 4.23. The van der Waals surface area contributed by atoms with Crippen LogP contribution in [-0.4, -0.2) is 26.6 Å². The molecule has 180 valence electrons. The van der Waals surface area contributed by atoms with Gasteiger partial charge in [-0.05, 0) is 54.8 Å². The number of hydrogen-bond acceptors (Lipinski definition) is 3. The Morgan fingerprint density at radius 1 is 0.917 bits per heavy atom. The number of hydrogen-bond donors (Lipinski definition) is 2. The van der Waals surface area contributed by atoms with Gasteiger partial charge in [0.15, 0.2) is 0 Å². The molecule has 1 aliphatic rings. The molecule has 1 aliphatic heterocycles. The van der Waals surface area contributed by atoms with Crippen molar-refractivity contribution < 1.29 is 14.0 Å². The van der Waals surface area contributed by atoms with Crippen molar-refractivity contribution in [1.29, 1.82) is 0 Å². The molecule has 0 radical (unpaired) electrons. The van der Waals surface area contributed by atoms with Gasteiger partial charge < -0.3 is 5.32 Å². The van der Waals surface area contributed by atoms with Gasteiger partial charge in [0.1, 0.15) is 11.5 Å². The van der Waals surface area contributed by atoms with Gasteiger partial charge in [0.05, 0.1) is 23.5 Å². The van der Waals surface area contributed by atoms with Crippen molar-refractivity contribution in [1.82, 2.24) is 20.0 Å². The first-order valence-electron chi connectivity index (χ1n) is 11.4. The van der Waals surface area contributed by atoms with Gasteiger partial charge >= 0.3 is 6.03 Å². The summed E-state index contributed by atoms with van der Waals surface area (Å²) in [4.78, 5) is 40.3. The molecule has 0 spiro atoms. The molecule has 3 aromatic carbocycles. The van der Waals surface area contributed by atoms with Crippen molar-refractivity contribution in [3.63, 3.8) is 0 Å². The lowest BCUT2D eigenvalue weighted by molar-refractivity contribution is -0.123. The molecule has 2 heterocycles. The third-order valence-corrected chi connectivity index (χ3v) is 6.29. The Kier molecular flexibility index (Phi) is 5.85. The number of carbonyl (C=O) groups excluding carboxylic acids is 2. The van der Waals surface area contributed by atoms with Crippen molar-refractivity contribution in [2.24, 2.45) is 0 Å². The minimum Gasteiger partial charge on any atom is -0.303 e. The van der Waals surface area contributed by atoms with E-state index in [4.69, 9.17) is 0 Å². The zero-order valence-corrected chi connectivity index (χ0v) is 19.7. The SMILES string of the molecule is Cc1cccc(-n2[nH]c(-c3ccccc3)c(/C=C3\NC(=O)N(Cc4cccc(F)c4)C3=O)c2=O)c1C. The number of rotatable bonds is 5. The van der Waals surface area contributed by atoms with Gasteiger partial charge in [-0.2, -0.15) is 0 Å². The molecular weight excluding hydrogens is 459 g/mol. The van der Waals surface area contributed by atoms with Crippen molar-refractivity contribution in [3.8, 4) is 16.9 Å². The highest BCUT2D eigenvalue weighted by molar-refractivity contribution is 6.14. The van der Waals surface area contributed by atoms with Crippen LogP contribution in [0.15, 0.2) is 83.3 Å². The Balaban J connectivity index is 1.59. The molecule has 7 nitrogen and oxygen atoms in total. The molecule has 4 aromatic rings. The van der Waals surface area contributed by atoms with Gasteiger partial charge in [-0.25, -0.2) is 13.9 Å². The molecule has 1 saturated heterocycles. The van der Waals surface area contributed by atoms with Crippen molar-refractivity contribution in [3.05, 3.63) is 117 Å². The number of aromatic nitrogens is 2.